The number of rotatable bonds is 1. The summed E-state index contributed by atoms with van der Waals surface area (Å²) in [5, 5.41) is 0. The van der Waals surface area contributed by atoms with Gasteiger partial charge in [-0.05, 0) is 25.0 Å². The second-order valence-electron chi connectivity index (χ2n) is 2.52. The van der Waals surface area contributed by atoms with Crippen LogP contribution in [0.15, 0.2) is 36.2 Å². The lowest BCUT2D eigenvalue weighted by molar-refractivity contribution is 0.643. The van der Waals surface area contributed by atoms with Gasteiger partial charge in [0.25, 0.3) is 0 Å². The van der Waals surface area contributed by atoms with Gasteiger partial charge in [0, 0.05) is 0 Å². The molecule has 0 aliphatic heterocycles. The SMILES string of the molecule is CC(F)=C(C)c1ccccc1. The molecule has 0 N–H and O–H groups in total. The molecule has 0 heterocycles. The maximum Gasteiger partial charge on any atom is 0.100 e. The summed E-state index contributed by atoms with van der Waals surface area (Å²) in [7, 11) is 0. The highest BCUT2D eigenvalue weighted by atomic mass is 19.1. The lowest BCUT2D eigenvalue weighted by atomic mass is 10.1. The zero-order valence-corrected chi connectivity index (χ0v) is 6.76. The Morgan fingerprint density at radius 1 is 1.09 bits per heavy atom. The van der Waals surface area contributed by atoms with Crippen LogP contribution in [-0.2, 0) is 0 Å². The molecule has 0 aromatic heterocycles. The molecule has 0 atom stereocenters. The maximum absolute atomic E-state index is 12.7. The molecule has 58 valence electrons. The molecule has 1 aromatic carbocycles. The highest BCUT2D eigenvalue weighted by Crippen LogP contribution is 2.17. The number of halogens is 1. The normalized spacial score (nSPS) is 12.6. The van der Waals surface area contributed by atoms with Crippen LogP contribution in [0.2, 0.25) is 0 Å². The number of hydrogen-bond acceptors (Lipinski definition) is 0. The first-order valence-electron chi connectivity index (χ1n) is 3.60. The Balaban J connectivity index is 3.04. The Hall–Kier alpha value is -1.11. The fourth-order valence-electron chi connectivity index (χ4n) is 0.887. The third-order valence-corrected chi connectivity index (χ3v) is 1.72. The van der Waals surface area contributed by atoms with Gasteiger partial charge >= 0.3 is 0 Å². The van der Waals surface area contributed by atoms with Gasteiger partial charge in [-0.15, -0.1) is 0 Å². The van der Waals surface area contributed by atoms with Crippen LogP contribution >= 0.6 is 0 Å². The molecule has 1 heteroatoms. The molecule has 0 radical (unpaired) electrons. The first-order valence-corrected chi connectivity index (χ1v) is 3.60. The van der Waals surface area contributed by atoms with Crippen molar-refractivity contribution >= 4 is 5.57 Å². The minimum Gasteiger partial charge on any atom is -0.212 e. The molecule has 0 saturated carbocycles. The minimum atomic E-state index is -0.115. The zero-order valence-electron chi connectivity index (χ0n) is 6.76. The average molecular weight is 150 g/mol. The smallest absolute Gasteiger partial charge is 0.100 e. The second-order valence-corrected chi connectivity index (χ2v) is 2.52. The van der Waals surface area contributed by atoms with Crippen molar-refractivity contribution in [1.29, 1.82) is 0 Å². The summed E-state index contributed by atoms with van der Waals surface area (Å²) >= 11 is 0. The van der Waals surface area contributed by atoms with E-state index in [1.54, 1.807) is 6.92 Å². The first-order chi connectivity index (χ1) is 5.22. The van der Waals surface area contributed by atoms with Gasteiger partial charge < -0.3 is 0 Å². The molecule has 0 unspecified atom stereocenters. The van der Waals surface area contributed by atoms with Crippen LogP contribution in [0.4, 0.5) is 4.39 Å². The molecule has 0 nitrogen and oxygen atoms in total. The van der Waals surface area contributed by atoms with E-state index in [-0.39, 0.29) is 5.83 Å². The van der Waals surface area contributed by atoms with Crippen molar-refractivity contribution in [1.82, 2.24) is 0 Å². The van der Waals surface area contributed by atoms with Crippen molar-refractivity contribution in [2.24, 2.45) is 0 Å². The van der Waals surface area contributed by atoms with Gasteiger partial charge in [0.15, 0.2) is 0 Å². The van der Waals surface area contributed by atoms with Crippen LogP contribution in [0.5, 0.6) is 0 Å². The van der Waals surface area contributed by atoms with Gasteiger partial charge in [0.1, 0.15) is 5.83 Å². The van der Waals surface area contributed by atoms with Crippen molar-refractivity contribution in [2.75, 3.05) is 0 Å². The maximum atomic E-state index is 12.7. The minimum absolute atomic E-state index is 0.115. The quantitative estimate of drug-likeness (QED) is 0.575. The van der Waals surface area contributed by atoms with Crippen molar-refractivity contribution < 1.29 is 4.39 Å². The van der Waals surface area contributed by atoms with E-state index in [4.69, 9.17) is 0 Å². The predicted molar refractivity (Wildman–Crippen MR) is 45.8 cm³/mol. The number of hydrogen-bond donors (Lipinski definition) is 0. The lowest BCUT2D eigenvalue weighted by Crippen LogP contribution is -1.79. The molecule has 0 spiro atoms. The fourth-order valence-corrected chi connectivity index (χ4v) is 0.887. The van der Waals surface area contributed by atoms with Crippen LogP contribution in [0, 0.1) is 0 Å². The van der Waals surface area contributed by atoms with E-state index >= 15 is 0 Å². The molecule has 1 rings (SSSR count). The largest absolute Gasteiger partial charge is 0.212 e. The van der Waals surface area contributed by atoms with Gasteiger partial charge in [0.2, 0.25) is 0 Å². The third kappa shape index (κ3) is 1.90. The van der Waals surface area contributed by atoms with Gasteiger partial charge in [-0.3, -0.25) is 0 Å². The van der Waals surface area contributed by atoms with E-state index < -0.39 is 0 Å². The molecule has 1 aromatic rings. The Kier molecular flexibility index (Phi) is 2.42. The topological polar surface area (TPSA) is 0 Å². The van der Waals surface area contributed by atoms with Gasteiger partial charge in [0.05, 0.1) is 0 Å². The first kappa shape index (κ1) is 7.99. The van der Waals surface area contributed by atoms with E-state index in [1.165, 1.54) is 6.92 Å². The Bertz CT molecular complexity index is 255. The van der Waals surface area contributed by atoms with Crippen LogP contribution in [-0.4, -0.2) is 0 Å². The average Bonchev–Trinajstić information content (AvgIpc) is 2.05. The van der Waals surface area contributed by atoms with Crippen LogP contribution in [0.3, 0.4) is 0 Å². The molecule has 11 heavy (non-hydrogen) atoms. The summed E-state index contributed by atoms with van der Waals surface area (Å²) in [6.45, 7) is 3.26. The standard InChI is InChI=1S/C10H11F/c1-8(9(2)11)10-6-4-3-5-7-10/h3-7H,1-2H3. The third-order valence-electron chi connectivity index (χ3n) is 1.72. The molecule has 0 aliphatic rings. The monoisotopic (exact) mass is 150 g/mol. The fraction of sp³-hybridized carbons (Fsp3) is 0.200. The number of allylic oxidation sites excluding steroid dienone is 2. The van der Waals surface area contributed by atoms with E-state index in [9.17, 15) is 4.39 Å². The summed E-state index contributed by atoms with van der Waals surface area (Å²) in [6, 6.07) is 9.53. The Morgan fingerprint density at radius 3 is 2.09 bits per heavy atom. The van der Waals surface area contributed by atoms with E-state index in [1.807, 2.05) is 30.3 Å². The molecule has 0 fully saturated rings. The molecule has 0 bridgehead atoms. The molecular formula is C10H11F. The van der Waals surface area contributed by atoms with Gasteiger partial charge in [-0.1, -0.05) is 30.3 Å². The van der Waals surface area contributed by atoms with Crippen LogP contribution in [0.1, 0.15) is 19.4 Å². The zero-order chi connectivity index (χ0) is 8.27. The molecule has 0 aliphatic carbocycles. The van der Waals surface area contributed by atoms with Crippen molar-refractivity contribution in [2.45, 2.75) is 13.8 Å². The second kappa shape index (κ2) is 3.33. The highest BCUT2D eigenvalue weighted by Gasteiger charge is 1.96. The summed E-state index contributed by atoms with van der Waals surface area (Å²) in [4.78, 5) is 0. The molecule has 0 amide bonds. The summed E-state index contributed by atoms with van der Waals surface area (Å²) in [6.07, 6.45) is 0. The number of benzene rings is 1. The molecule has 0 saturated heterocycles. The summed E-state index contributed by atoms with van der Waals surface area (Å²) in [5.41, 5.74) is 1.66. The highest BCUT2D eigenvalue weighted by molar-refractivity contribution is 5.64. The van der Waals surface area contributed by atoms with Crippen molar-refractivity contribution in [3.8, 4) is 0 Å². The van der Waals surface area contributed by atoms with Gasteiger partial charge in [-0.25, -0.2) is 4.39 Å². The Labute approximate surface area is 66.4 Å². The van der Waals surface area contributed by atoms with Crippen LogP contribution in [0.25, 0.3) is 5.57 Å². The van der Waals surface area contributed by atoms with E-state index in [0.29, 0.717) is 5.57 Å². The van der Waals surface area contributed by atoms with Crippen molar-refractivity contribution in [3.05, 3.63) is 41.7 Å². The van der Waals surface area contributed by atoms with E-state index in [0.717, 1.165) is 5.56 Å². The van der Waals surface area contributed by atoms with Crippen LogP contribution < -0.4 is 0 Å². The summed E-state index contributed by atoms with van der Waals surface area (Å²) in [5.74, 6) is -0.115. The Morgan fingerprint density at radius 2 is 1.64 bits per heavy atom. The lowest BCUT2D eigenvalue weighted by Gasteiger charge is -1.99. The van der Waals surface area contributed by atoms with Crippen molar-refractivity contribution in [3.63, 3.8) is 0 Å². The summed E-state index contributed by atoms with van der Waals surface area (Å²) < 4.78 is 12.7. The predicted octanol–water partition coefficient (Wildman–Crippen LogP) is 3.41. The van der Waals surface area contributed by atoms with E-state index in [2.05, 4.69) is 0 Å². The molecular weight excluding hydrogens is 139 g/mol. The van der Waals surface area contributed by atoms with Gasteiger partial charge in [-0.2, -0.15) is 0 Å².